The minimum Gasteiger partial charge on any atom is -0.354 e. The van der Waals surface area contributed by atoms with Crippen molar-refractivity contribution in [3.8, 4) is 0 Å². The summed E-state index contributed by atoms with van der Waals surface area (Å²) < 4.78 is 0. The molecule has 1 aromatic carbocycles. The first-order valence-electron chi connectivity index (χ1n) is 8.53. The summed E-state index contributed by atoms with van der Waals surface area (Å²) in [4.78, 5) is 14.8. The molecule has 2 atom stereocenters. The Morgan fingerprint density at radius 2 is 1.92 bits per heavy atom. The van der Waals surface area contributed by atoms with Crippen molar-refractivity contribution in [2.75, 3.05) is 32.7 Å². The summed E-state index contributed by atoms with van der Waals surface area (Å²) in [6.07, 6.45) is 3.50. The molecule has 0 aromatic heterocycles. The van der Waals surface area contributed by atoms with Crippen molar-refractivity contribution >= 4 is 30.7 Å². The van der Waals surface area contributed by atoms with Gasteiger partial charge < -0.3 is 10.6 Å². The van der Waals surface area contributed by atoms with Gasteiger partial charge in [0.2, 0.25) is 5.91 Å². The van der Waals surface area contributed by atoms with Crippen LogP contribution in [0.4, 0.5) is 0 Å². The van der Waals surface area contributed by atoms with Gasteiger partial charge in [-0.05, 0) is 51.4 Å². The Bertz CT molecular complexity index is 497. The summed E-state index contributed by atoms with van der Waals surface area (Å²) in [6.45, 7) is 6.90. The molecule has 24 heavy (non-hydrogen) atoms. The Kier molecular flexibility index (Phi) is 9.06. The van der Waals surface area contributed by atoms with Gasteiger partial charge in [0.05, 0.1) is 12.0 Å². The molecule has 0 radical (unpaired) electrons. The van der Waals surface area contributed by atoms with E-state index in [9.17, 15) is 4.79 Å². The van der Waals surface area contributed by atoms with Crippen molar-refractivity contribution in [3.63, 3.8) is 0 Å². The van der Waals surface area contributed by atoms with Crippen LogP contribution >= 0.6 is 24.8 Å². The quantitative estimate of drug-likeness (QED) is 0.833. The van der Waals surface area contributed by atoms with Crippen LogP contribution in [0.1, 0.15) is 36.4 Å². The highest BCUT2D eigenvalue weighted by Gasteiger charge is 2.26. The van der Waals surface area contributed by atoms with Gasteiger partial charge in [0.25, 0.3) is 0 Å². The van der Waals surface area contributed by atoms with Crippen LogP contribution in [0.15, 0.2) is 24.3 Å². The monoisotopic (exact) mass is 373 g/mol. The molecule has 4 nitrogen and oxygen atoms in total. The number of halogens is 2. The molecule has 2 N–H and O–H groups in total. The largest absolute Gasteiger partial charge is 0.354 e. The maximum absolute atomic E-state index is 12.3. The molecule has 1 amide bonds. The third kappa shape index (κ3) is 5.35. The van der Waals surface area contributed by atoms with Crippen LogP contribution in [0.5, 0.6) is 0 Å². The van der Waals surface area contributed by atoms with Crippen LogP contribution in [0, 0.1) is 12.8 Å². The zero-order valence-corrected chi connectivity index (χ0v) is 15.9. The van der Waals surface area contributed by atoms with Crippen LogP contribution in [-0.4, -0.2) is 43.5 Å². The van der Waals surface area contributed by atoms with Gasteiger partial charge in [-0.25, -0.2) is 0 Å². The SMILES string of the molecule is Cc1ccc(C(CNC(=O)C2CCNC2)N2CCCC2)cc1.Cl.Cl. The first-order valence-corrected chi connectivity index (χ1v) is 8.53. The van der Waals surface area contributed by atoms with E-state index >= 15 is 0 Å². The molecular formula is C18H29Cl2N3O. The maximum Gasteiger partial charge on any atom is 0.224 e. The zero-order valence-electron chi connectivity index (χ0n) is 14.3. The van der Waals surface area contributed by atoms with Crippen molar-refractivity contribution in [3.05, 3.63) is 35.4 Å². The highest BCUT2D eigenvalue weighted by Crippen LogP contribution is 2.25. The first-order chi connectivity index (χ1) is 10.7. The Balaban J connectivity index is 0.00000144. The Morgan fingerprint density at radius 3 is 2.50 bits per heavy atom. The van der Waals surface area contributed by atoms with E-state index in [-0.39, 0.29) is 36.6 Å². The van der Waals surface area contributed by atoms with Crippen molar-refractivity contribution in [1.29, 1.82) is 0 Å². The fourth-order valence-electron chi connectivity index (χ4n) is 3.52. The fourth-order valence-corrected chi connectivity index (χ4v) is 3.52. The maximum atomic E-state index is 12.3. The summed E-state index contributed by atoms with van der Waals surface area (Å²) in [5.41, 5.74) is 2.60. The number of amides is 1. The average Bonchev–Trinajstić information content (AvgIpc) is 3.22. The number of hydrogen-bond donors (Lipinski definition) is 2. The molecule has 2 fully saturated rings. The van der Waals surface area contributed by atoms with Gasteiger partial charge >= 0.3 is 0 Å². The van der Waals surface area contributed by atoms with Crippen LogP contribution < -0.4 is 10.6 Å². The first kappa shape index (κ1) is 21.2. The summed E-state index contributed by atoms with van der Waals surface area (Å²) in [5.74, 6) is 0.360. The fraction of sp³-hybridized carbons (Fsp3) is 0.611. The van der Waals surface area contributed by atoms with Gasteiger partial charge in [-0.3, -0.25) is 9.69 Å². The molecule has 2 aliphatic heterocycles. The van der Waals surface area contributed by atoms with E-state index in [0.29, 0.717) is 6.04 Å². The lowest BCUT2D eigenvalue weighted by Gasteiger charge is -2.28. The summed E-state index contributed by atoms with van der Waals surface area (Å²) in [6, 6.07) is 9.06. The van der Waals surface area contributed by atoms with Gasteiger partial charge in [-0.2, -0.15) is 0 Å². The Hall–Kier alpha value is -0.810. The van der Waals surface area contributed by atoms with E-state index < -0.39 is 0 Å². The summed E-state index contributed by atoms with van der Waals surface area (Å²) >= 11 is 0. The number of likely N-dealkylation sites (tertiary alicyclic amines) is 1. The molecule has 3 rings (SSSR count). The number of rotatable bonds is 5. The standard InChI is InChI=1S/C18H27N3O.2ClH/c1-14-4-6-15(7-5-14)17(21-10-2-3-11-21)13-20-18(22)16-8-9-19-12-16;;/h4-7,16-17,19H,2-3,8-13H2,1H3,(H,20,22);2*1H. The number of nitrogens with one attached hydrogen (secondary N) is 2. The third-order valence-corrected chi connectivity index (χ3v) is 4.94. The number of aryl methyl sites for hydroxylation is 1. The number of benzene rings is 1. The van der Waals surface area contributed by atoms with Crippen molar-refractivity contribution in [2.45, 2.75) is 32.2 Å². The number of hydrogen-bond acceptors (Lipinski definition) is 3. The minimum atomic E-state index is 0. The number of nitrogens with zero attached hydrogens (tertiary/aromatic N) is 1. The van der Waals surface area contributed by atoms with Crippen LogP contribution in [-0.2, 0) is 4.79 Å². The highest BCUT2D eigenvalue weighted by molar-refractivity contribution is 5.85. The number of carbonyl (C=O) groups excluding carboxylic acids is 1. The van der Waals surface area contributed by atoms with Gasteiger partial charge in [0.15, 0.2) is 0 Å². The molecule has 0 bridgehead atoms. The predicted octanol–water partition coefficient (Wildman–Crippen LogP) is 2.70. The second kappa shape index (κ2) is 10.2. The molecular weight excluding hydrogens is 345 g/mol. The Labute approximate surface area is 157 Å². The summed E-state index contributed by atoms with van der Waals surface area (Å²) in [5, 5.41) is 6.46. The van der Waals surface area contributed by atoms with Crippen LogP contribution in [0.2, 0.25) is 0 Å². The highest BCUT2D eigenvalue weighted by atomic mass is 35.5. The van der Waals surface area contributed by atoms with E-state index in [1.54, 1.807) is 0 Å². The van der Waals surface area contributed by atoms with Crippen LogP contribution in [0.3, 0.4) is 0 Å². The van der Waals surface area contributed by atoms with Crippen LogP contribution in [0.25, 0.3) is 0 Å². The van der Waals surface area contributed by atoms with E-state index in [0.717, 1.165) is 39.1 Å². The van der Waals surface area contributed by atoms with Crippen molar-refractivity contribution < 1.29 is 4.79 Å². The van der Waals surface area contributed by atoms with Gasteiger partial charge in [0, 0.05) is 13.1 Å². The van der Waals surface area contributed by atoms with Crippen molar-refractivity contribution in [2.24, 2.45) is 5.92 Å². The van der Waals surface area contributed by atoms with Crippen molar-refractivity contribution in [1.82, 2.24) is 15.5 Å². The second-order valence-electron chi connectivity index (χ2n) is 6.60. The second-order valence-corrected chi connectivity index (χ2v) is 6.60. The average molecular weight is 374 g/mol. The molecule has 2 heterocycles. The molecule has 0 saturated carbocycles. The van der Waals surface area contributed by atoms with E-state index in [1.165, 1.54) is 24.0 Å². The van der Waals surface area contributed by atoms with E-state index in [2.05, 4.69) is 46.7 Å². The normalized spacial score (nSPS) is 21.6. The van der Waals surface area contributed by atoms with Gasteiger partial charge in [-0.1, -0.05) is 29.8 Å². The molecule has 2 aliphatic rings. The predicted molar refractivity (Wildman–Crippen MR) is 103 cm³/mol. The lowest BCUT2D eigenvalue weighted by molar-refractivity contribution is -0.124. The molecule has 0 aliphatic carbocycles. The molecule has 2 unspecified atom stereocenters. The minimum absolute atomic E-state index is 0. The summed E-state index contributed by atoms with van der Waals surface area (Å²) in [7, 11) is 0. The smallest absolute Gasteiger partial charge is 0.224 e. The zero-order chi connectivity index (χ0) is 15.4. The Morgan fingerprint density at radius 1 is 1.25 bits per heavy atom. The lowest BCUT2D eigenvalue weighted by Crippen LogP contribution is -2.39. The van der Waals surface area contributed by atoms with Gasteiger partial charge in [0.1, 0.15) is 0 Å². The molecule has 136 valence electrons. The number of carbonyl (C=O) groups is 1. The van der Waals surface area contributed by atoms with E-state index in [1.807, 2.05) is 0 Å². The lowest BCUT2D eigenvalue weighted by atomic mass is 10.0. The topological polar surface area (TPSA) is 44.4 Å². The molecule has 2 saturated heterocycles. The third-order valence-electron chi connectivity index (χ3n) is 4.94. The molecule has 6 heteroatoms. The van der Waals surface area contributed by atoms with E-state index in [4.69, 9.17) is 0 Å². The molecule has 1 aromatic rings. The molecule has 0 spiro atoms. The van der Waals surface area contributed by atoms with Gasteiger partial charge in [-0.15, -0.1) is 24.8 Å².